The molecule has 3 aromatic rings. The quantitative estimate of drug-likeness (QED) is 0.305. The van der Waals surface area contributed by atoms with Gasteiger partial charge in [-0.05, 0) is 43.2 Å². The van der Waals surface area contributed by atoms with Crippen molar-refractivity contribution in [3.05, 3.63) is 94.5 Å². The van der Waals surface area contributed by atoms with E-state index in [0.29, 0.717) is 0 Å². The van der Waals surface area contributed by atoms with Crippen molar-refractivity contribution >= 4 is 38.9 Å². The van der Waals surface area contributed by atoms with Gasteiger partial charge in [-0.3, -0.25) is 24.0 Å². The summed E-state index contributed by atoms with van der Waals surface area (Å²) in [5, 5.41) is 17.2. The lowest BCUT2D eigenvalue weighted by Crippen LogP contribution is -2.39. The molecule has 0 aliphatic heterocycles. The molecule has 3 aromatic carbocycles. The van der Waals surface area contributed by atoms with Crippen LogP contribution >= 0.6 is 0 Å². The first-order chi connectivity index (χ1) is 18.3. The minimum absolute atomic E-state index is 0.0698. The fourth-order valence-electron chi connectivity index (χ4n) is 4.47. The molecule has 0 aromatic heterocycles. The van der Waals surface area contributed by atoms with Crippen molar-refractivity contribution in [1.29, 1.82) is 0 Å². The number of carbonyl (C=O) groups is 2. The van der Waals surface area contributed by atoms with Crippen molar-refractivity contribution in [2.24, 2.45) is 0 Å². The van der Waals surface area contributed by atoms with Crippen LogP contribution in [0.3, 0.4) is 0 Å². The molecule has 0 spiro atoms. The highest BCUT2D eigenvalue weighted by molar-refractivity contribution is 7.93. The van der Waals surface area contributed by atoms with Crippen LogP contribution in [0, 0.1) is 10.1 Å². The van der Waals surface area contributed by atoms with E-state index < -0.39 is 38.0 Å². The zero-order chi connectivity index (χ0) is 27.1. The van der Waals surface area contributed by atoms with E-state index in [4.69, 9.17) is 0 Å². The first kappa shape index (κ1) is 26.8. The first-order valence-corrected chi connectivity index (χ1v) is 13.7. The summed E-state index contributed by atoms with van der Waals surface area (Å²) < 4.78 is 28.1. The second-order valence-corrected chi connectivity index (χ2v) is 10.8. The molecule has 0 unspecified atom stereocenters. The Labute approximate surface area is 220 Å². The van der Waals surface area contributed by atoms with Crippen LogP contribution in [0.4, 0.5) is 17.1 Å². The van der Waals surface area contributed by atoms with Gasteiger partial charge in [0.05, 0.1) is 21.9 Å². The third kappa shape index (κ3) is 6.17. The average molecular weight is 537 g/mol. The summed E-state index contributed by atoms with van der Waals surface area (Å²) in [5.41, 5.74) is 0.0591. The Balaban J connectivity index is 1.60. The van der Waals surface area contributed by atoms with E-state index in [1.54, 1.807) is 42.5 Å². The molecule has 0 radical (unpaired) electrons. The molecule has 2 N–H and O–H groups in total. The predicted molar refractivity (Wildman–Crippen MR) is 143 cm³/mol. The molecule has 0 heterocycles. The number of amides is 2. The maximum absolute atomic E-state index is 13.6. The van der Waals surface area contributed by atoms with Crippen LogP contribution < -0.4 is 14.9 Å². The lowest BCUT2D eigenvalue weighted by atomic mass is 9.95. The number of hydrogen-bond donors (Lipinski definition) is 2. The molecule has 4 rings (SSSR count). The number of anilines is 2. The van der Waals surface area contributed by atoms with Crippen LogP contribution in [0.2, 0.25) is 0 Å². The largest absolute Gasteiger partial charge is 0.349 e. The van der Waals surface area contributed by atoms with Crippen molar-refractivity contribution in [3.8, 4) is 0 Å². The van der Waals surface area contributed by atoms with Gasteiger partial charge < -0.3 is 10.6 Å². The normalized spacial score (nSPS) is 13.9. The molecule has 38 heavy (non-hydrogen) atoms. The summed E-state index contributed by atoms with van der Waals surface area (Å²) in [4.78, 5) is 36.4. The highest BCUT2D eigenvalue weighted by atomic mass is 32.2. The van der Waals surface area contributed by atoms with Gasteiger partial charge in [-0.2, -0.15) is 0 Å². The van der Waals surface area contributed by atoms with Gasteiger partial charge in [-0.15, -0.1) is 0 Å². The number of rotatable bonds is 9. The Morgan fingerprint density at radius 2 is 1.53 bits per heavy atom. The molecule has 10 nitrogen and oxygen atoms in total. The number of nitrogens with one attached hydrogen (secondary N) is 2. The van der Waals surface area contributed by atoms with Gasteiger partial charge in [-0.1, -0.05) is 61.7 Å². The maximum atomic E-state index is 13.6. The molecule has 11 heteroatoms. The van der Waals surface area contributed by atoms with Gasteiger partial charge in [0.25, 0.3) is 21.6 Å². The minimum atomic E-state index is -4.51. The van der Waals surface area contributed by atoms with Crippen molar-refractivity contribution in [2.75, 3.05) is 16.2 Å². The molecule has 0 saturated heterocycles. The second-order valence-electron chi connectivity index (χ2n) is 8.97. The Morgan fingerprint density at radius 1 is 0.895 bits per heavy atom. The van der Waals surface area contributed by atoms with Gasteiger partial charge in [0.1, 0.15) is 6.54 Å². The third-order valence-electron chi connectivity index (χ3n) is 6.35. The fourth-order valence-corrected chi connectivity index (χ4v) is 6.06. The standard InChI is InChI=1S/C27H28N4O6S/c32-26(29-23-16-8-7-15-22(23)27(33)28-20-11-3-1-4-12-20)19-30(21-13-5-2-6-14-21)38(36,37)25-18-10-9-17-24(25)31(34)35/h2,5-10,13-18,20H,1,3-4,11-12,19H2,(H,28,33)(H,29,32). The van der Waals surface area contributed by atoms with Crippen LogP contribution in [-0.2, 0) is 14.8 Å². The number of nitro benzene ring substituents is 1. The summed E-state index contributed by atoms with van der Waals surface area (Å²) >= 11 is 0. The molecular formula is C27H28N4O6S. The number of nitrogens with zero attached hydrogens (tertiary/aromatic N) is 2. The monoisotopic (exact) mass is 536 g/mol. The number of nitro groups is 1. The van der Waals surface area contributed by atoms with Gasteiger partial charge >= 0.3 is 0 Å². The number of para-hydroxylation sites is 3. The lowest BCUT2D eigenvalue weighted by Gasteiger charge is -2.25. The van der Waals surface area contributed by atoms with Gasteiger partial charge in [0, 0.05) is 12.1 Å². The molecule has 1 fully saturated rings. The van der Waals surface area contributed by atoms with Crippen LogP contribution in [0.25, 0.3) is 0 Å². The third-order valence-corrected chi connectivity index (χ3v) is 8.17. The summed E-state index contributed by atoms with van der Waals surface area (Å²) in [6.45, 7) is -0.670. The number of benzene rings is 3. The first-order valence-electron chi connectivity index (χ1n) is 12.3. The highest BCUT2D eigenvalue weighted by Gasteiger charge is 2.33. The smallest absolute Gasteiger partial charge is 0.289 e. The summed E-state index contributed by atoms with van der Waals surface area (Å²) in [7, 11) is -4.51. The highest BCUT2D eigenvalue weighted by Crippen LogP contribution is 2.30. The number of sulfonamides is 1. The Bertz CT molecular complexity index is 1420. The molecule has 1 aliphatic rings. The molecule has 198 valence electrons. The summed E-state index contributed by atoms with van der Waals surface area (Å²) in [5.74, 6) is -1.03. The van der Waals surface area contributed by atoms with E-state index >= 15 is 0 Å². The average Bonchev–Trinajstić information content (AvgIpc) is 2.93. The second kappa shape index (κ2) is 11.9. The lowest BCUT2D eigenvalue weighted by molar-refractivity contribution is -0.387. The zero-order valence-corrected chi connectivity index (χ0v) is 21.4. The van der Waals surface area contributed by atoms with E-state index in [9.17, 15) is 28.1 Å². The summed E-state index contributed by atoms with van der Waals surface area (Å²) in [6, 6.07) is 19.4. The van der Waals surface area contributed by atoms with E-state index in [2.05, 4.69) is 10.6 Å². The molecule has 0 bridgehead atoms. The number of carbonyl (C=O) groups excluding carboxylic acids is 2. The van der Waals surface area contributed by atoms with Crippen molar-refractivity contribution in [3.63, 3.8) is 0 Å². The van der Waals surface area contributed by atoms with E-state index in [0.717, 1.165) is 48.5 Å². The van der Waals surface area contributed by atoms with Gasteiger partial charge in [-0.25, -0.2) is 8.42 Å². The van der Waals surface area contributed by atoms with Crippen LogP contribution in [-0.4, -0.2) is 37.7 Å². The SMILES string of the molecule is O=C(CN(c1ccccc1)S(=O)(=O)c1ccccc1[N+](=O)[O-])Nc1ccccc1C(=O)NC1CCCCC1. The van der Waals surface area contributed by atoms with Gasteiger partial charge in [0.15, 0.2) is 4.90 Å². The van der Waals surface area contributed by atoms with Crippen molar-refractivity contribution in [2.45, 2.75) is 43.0 Å². The van der Waals surface area contributed by atoms with E-state index in [-0.39, 0.29) is 28.9 Å². The Hall–Kier alpha value is -4.25. The van der Waals surface area contributed by atoms with Crippen LogP contribution in [0.5, 0.6) is 0 Å². The Kier molecular flexibility index (Phi) is 8.37. The molecule has 0 atom stereocenters. The van der Waals surface area contributed by atoms with Gasteiger partial charge in [0.2, 0.25) is 5.91 Å². The molecule has 1 saturated carbocycles. The van der Waals surface area contributed by atoms with E-state index in [1.807, 2.05) is 0 Å². The molecule has 1 aliphatic carbocycles. The molecular weight excluding hydrogens is 508 g/mol. The van der Waals surface area contributed by atoms with Crippen LogP contribution in [0.15, 0.2) is 83.8 Å². The maximum Gasteiger partial charge on any atom is 0.289 e. The van der Waals surface area contributed by atoms with Crippen LogP contribution in [0.1, 0.15) is 42.5 Å². The topological polar surface area (TPSA) is 139 Å². The van der Waals surface area contributed by atoms with Crippen molar-refractivity contribution in [1.82, 2.24) is 5.32 Å². The Morgan fingerprint density at radius 3 is 2.24 bits per heavy atom. The zero-order valence-electron chi connectivity index (χ0n) is 20.6. The van der Waals surface area contributed by atoms with Crippen molar-refractivity contribution < 1.29 is 22.9 Å². The summed E-state index contributed by atoms with van der Waals surface area (Å²) in [6.07, 6.45) is 5.04. The predicted octanol–water partition coefficient (Wildman–Crippen LogP) is 4.49. The fraction of sp³-hybridized carbons (Fsp3) is 0.259. The van der Waals surface area contributed by atoms with E-state index in [1.165, 1.54) is 24.3 Å². The number of hydrogen-bond acceptors (Lipinski definition) is 6. The molecule has 2 amide bonds. The minimum Gasteiger partial charge on any atom is -0.349 e.